The third kappa shape index (κ3) is 4.79. The fraction of sp³-hybridized carbons (Fsp3) is 0.500. The highest BCUT2D eigenvalue weighted by Crippen LogP contribution is 2.10. The molecule has 0 saturated heterocycles. The molecular formula is C16H26OSi. The number of benzene rings is 1. The highest BCUT2D eigenvalue weighted by Gasteiger charge is 2.18. The third-order valence-corrected chi connectivity index (χ3v) is 6.34. The normalized spacial score (nSPS) is 14.3. The van der Waals surface area contributed by atoms with E-state index >= 15 is 0 Å². The number of hydrogen-bond donors (Lipinski definition) is 1. The van der Waals surface area contributed by atoms with Crippen molar-refractivity contribution < 1.29 is 5.11 Å². The van der Waals surface area contributed by atoms with Crippen LogP contribution in [-0.2, 0) is 0 Å². The molecule has 0 spiro atoms. The van der Waals surface area contributed by atoms with Crippen LogP contribution in [0.25, 0.3) is 0 Å². The molecule has 100 valence electrons. The first kappa shape index (κ1) is 15.2. The molecule has 0 aromatic heterocycles. The Balaban J connectivity index is 2.51. The maximum Gasteiger partial charge on any atom is 0.103 e. The van der Waals surface area contributed by atoms with E-state index < -0.39 is 8.07 Å². The molecule has 0 fully saturated rings. The van der Waals surface area contributed by atoms with Crippen LogP contribution >= 0.6 is 0 Å². The Bertz CT molecular complexity index is 368. The van der Waals surface area contributed by atoms with Crippen LogP contribution in [-0.4, -0.2) is 19.3 Å². The van der Waals surface area contributed by atoms with Crippen LogP contribution in [0.3, 0.4) is 0 Å². The maximum absolute atomic E-state index is 9.75. The van der Waals surface area contributed by atoms with Gasteiger partial charge in [-0.05, 0) is 18.8 Å². The summed E-state index contributed by atoms with van der Waals surface area (Å²) in [6, 6.07) is 10.7. The van der Waals surface area contributed by atoms with E-state index in [2.05, 4.69) is 69.0 Å². The molecule has 0 radical (unpaired) electrons. The summed E-state index contributed by atoms with van der Waals surface area (Å²) in [4.78, 5) is 0. The van der Waals surface area contributed by atoms with Crippen LogP contribution in [0, 0.1) is 5.92 Å². The second kappa shape index (κ2) is 6.91. The van der Waals surface area contributed by atoms with Crippen molar-refractivity contribution in [2.45, 2.75) is 45.9 Å². The molecule has 1 aromatic rings. The van der Waals surface area contributed by atoms with Crippen LogP contribution in [0.1, 0.15) is 26.7 Å². The van der Waals surface area contributed by atoms with Crippen LogP contribution in [0.2, 0.25) is 13.1 Å². The molecule has 1 rings (SSSR count). The van der Waals surface area contributed by atoms with Gasteiger partial charge in [-0.3, -0.25) is 0 Å². The second-order valence-electron chi connectivity index (χ2n) is 5.88. The second-order valence-corrected chi connectivity index (χ2v) is 10.2. The summed E-state index contributed by atoms with van der Waals surface area (Å²) in [5, 5.41) is 11.2. The molecule has 0 amide bonds. The first-order chi connectivity index (χ1) is 8.43. The fourth-order valence-corrected chi connectivity index (χ4v) is 3.94. The molecule has 0 saturated carbocycles. The minimum absolute atomic E-state index is 0.170. The van der Waals surface area contributed by atoms with Crippen molar-refractivity contribution in [1.82, 2.24) is 0 Å². The summed E-state index contributed by atoms with van der Waals surface area (Å²) in [5.41, 5.74) is 2.38. The van der Waals surface area contributed by atoms with E-state index in [1.54, 1.807) is 0 Å². The minimum Gasteiger partial charge on any atom is -0.393 e. The van der Waals surface area contributed by atoms with Crippen molar-refractivity contribution in [3.63, 3.8) is 0 Å². The number of rotatable bonds is 6. The van der Waals surface area contributed by atoms with E-state index in [0.29, 0.717) is 5.92 Å². The molecule has 1 atom stereocenters. The Kier molecular flexibility index (Phi) is 5.83. The van der Waals surface area contributed by atoms with Crippen molar-refractivity contribution in [3.8, 4) is 0 Å². The molecule has 1 unspecified atom stereocenters. The molecule has 0 bridgehead atoms. The lowest BCUT2D eigenvalue weighted by atomic mass is 10.0. The molecule has 1 aromatic carbocycles. The highest BCUT2D eigenvalue weighted by molar-refractivity contribution is 6.93. The number of aliphatic hydroxyl groups is 1. The molecule has 0 heterocycles. The van der Waals surface area contributed by atoms with Crippen molar-refractivity contribution in [3.05, 3.63) is 42.1 Å². The van der Waals surface area contributed by atoms with Gasteiger partial charge in [-0.1, -0.05) is 74.2 Å². The van der Waals surface area contributed by atoms with Crippen LogP contribution in [0.4, 0.5) is 0 Å². The summed E-state index contributed by atoms with van der Waals surface area (Å²) in [5.74, 6) is 0.359. The van der Waals surface area contributed by atoms with Gasteiger partial charge in [-0.2, -0.15) is 0 Å². The van der Waals surface area contributed by atoms with Crippen molar-refractivity contribution >= 4 is 13.3 Å². The van der Waals surface area contributed by atoms with Gasteiger partial charge in [0, 0.05) is 0 Å². The van der Waals surface area contributed by atoms with Crippen LogP contribution < -0.4 is 5.19 Å². The third-order valence-electron chi connectivity index (χ3n) is 3.45. The molecular weight excluding hydrogens is 236 g/mol. The lowest BCUT2D eigenvalue weighted by Gasteiger charge is -2.18. The summed E-state index contributed by atoms with van der Waals surface area (Å²) < 4.78 is 0. The SMILES string of the molecule is CC(C)C(O)CC/C=C\[Si](C)(C)c1ccccc1. The largest absolute Gasteiger partial charge is 0.393 e. The Morgan fingerprint density at radius 2 is 1.78 bits per heavy atom. The Labute approximate surface area is 113 Å². The van der Waals surface area contributed by atoms with Crippen molar-refractivity contribution in [2.24, 2.45) is 5.92 Å². The number of hydrogen-bond acceptors (Lipinski definition) is 1. The average molecular weight is 262 g/mol. The molecule has 0 aliphatic heterocycles. The first-order valence-electron chi connectivity index (χ1n) is 6.85. The number of allylic oxidation sites excluding steroid dienone is 1. The first-order valence-corrected chi connectivity index (χ1v) is 9.92. The Morgan fingerprint density at radius 3 is 2.33 bits per heavy atom. The van der Waals surface area contributed by atoms with E-state index in [4.69, 9.17) is 0 Å². The molecule has 2 heteroatoms. The summed E-state index contributed by atoms with van der Waals surface area (Å²) >= 11 is 0. The van der Waals surface area contributed by atoms with Crippen molar-refractivity contribution in [1.29, 1.82) is 0 Å². The van der Waals surface area contributed by atoms with Gasteiger partial charge >= 0.3 is 0 Å². The van der Waals surface area contributed by atoms with E-state index in [9.17, 15) is 5.11 Å². The molecule has 0 aliphatic rings. The summed E-state index contributed by atoms with van der Waals surface area (Å²) in [6.45, 7) is 8.85. The van der Waals surface area contributed by atoms with Crippen LogP contribution in [0.5, 0.6) is 0 Å². The van der Waals surface area contributed by atoms with Gasteiger partial charge in [0.1, 0.15) is 8.07 Å². The monoisotopic (exact) mass is 262 g/mol. The molecule has 1 N–H and O–H groups in total. The molecule has 1 nitrogen and oxygen atoms in total. The zero-order valence-electron chi connectivity index (χ0n) is 12.1. The topological polar surface area (TPSA) is 20.2 Å². The molecule has 0 aliphatic carbocycles. The van der Waals surface area contributed by atoms with Gasteiger partial charge < -0.3 is 5.11 Å². The minimum atomic E-state index is -1.44. The maximum atomic E-state index is 9.75. The van der Waals surface area contributed by atoms with Gasteiger partial charge in [0.2, 0.25) is 0 Å². The predicted octanol–water partition coefficient (Wildman–Crippen LogP) is 3.49. The highest BCUT2D eigenvalue weighted by atomic mass is 28.3. The standard InChI is InChI=1S/C16H26OSi/c1-14(2)16(17)12-8-9-13-18(3,4)15-10-6-5-7-11-15/h5-7,9-11,13-14,16-17H,8,12H2,1-4H3/b13-9-. The van der Waals surface area contributed by atoms with Crippen LogP contribution in [0.15, 0.2) is 42.1 Å². The fourth-order valence-electron chi connectivity index (χ4n) is 1.94. The van der Waals surface area contributed by atoms with E-state index in [1.807, 2.05) is 0 Å². The predicted molar refractivity (Wildman–Crippen MR) is 82.8 cm³/mol. The Morgan fingerprint density at radius 1 is 1.17 bits per heavy atom. The Hall–Kier alpha value is -0.863. The summed E-state index contributed by atoms with van der Waals surface area (Å²) in [7, 11) is -1.44. The quantitative estimate of drug-likeness (QED) is 0.778. The lowest BCUT2D eigenvalue weighted by Crippen LogP contribution is -2.39. The smallest absolute Gasteiger partial charge is 0.103 e. The zero-order chi connectivity index (χ0) is 13.6. The van der Waals surface area contributed by atoms with Gasteiger partial charge in [0.05, 0.1) is 6.10 Å². The van der Waals surface area contributed by atoms with Gasteiger partial charge in [0.15, 0.2) is 0 Å². The van der Waals surface area contributed by atoms with E-state index in [-0.39, 0.29) is 6.10 Å². The molecule has 18 heavy (non-hydrogen) atoms. The van der Waals surface area contributed by atoms with Crippen molar-refractivity contribution in [2.75, 3.05) is 0 Å². The van der Waals surface area contributed by atoms with Gasteiger partial charge in [0.25, 0.3) is 0 Å². The van der Waals surface area contributed by atoms with E-state index in [0.717, 1.165) is 12.8 Å². The lowest BCUT2D eigenvalue weighted by molar-refractivity contribution is 0.117. The zero-order valence-corrected chi connectivity index (χ0v) is 13.1. The van der Waals surface area contributed by atoms with Gasteiger partial charge in [-0.15, -0.1) is 0 Å². The number of aliphatic hydroxyl groups excluding tert-OH is 1. The average Bonchev–Trinajstić information content (AvgIpc) is 2.35. The van der Waals surface area contributed by atoms with Gasteiger partial charge in [-0.25, -0.2) is 0 Å². The summed E-state index contributed by atoms with van der Waals surface area (Å²) in [6.07, 6.45) is 3.93. The van der Waals surface area contributed by atoms with E-state index in [1.165, 1.54) is 5.19 Å².